The summed E-state index contributed by atoms with van der Waals surface area (Å²) in [6.07, 6.45) is 0. The molecule has 2 aliphatic rings. The van der Waals surface area contributed by atoms with Crippen LogP contribution in [0.1, 0.15) is 74.9 Å². The summed E-state index contributed by atoms with van der Waals surface area (Å²) in [5, 5.41) is 0. The summed E-state index contributed by atoms with van der Waals surface area (Å²) in [5.41, 5.74) is 12.9. The molecular weight excluding hydrogens is 444 g/mol. The van der Waals surface area contributed by atoms with Crippen LogP contribution in [0.3, 0.4) is 0 Å². The molecule has 2 heteroatoms. The van der Waals surface area contributed by atoms with E-state index in [-0.39, 0.29) is 10.8 Å². The second-order valence-electron chi connectivity index (χ2n) is 12.1. The lowest BCUT2D eigenvalue weighted by molar-refractivity contribution is 0.586. The molecule has 1 nitrogen and oxygen atoms in total. The van der Waals surface area contributed by atoms with Gasteiger partial charge in [0.2, 0.25) is 0 Å². The van der Waals surface area contributed by atoms with Crippen molar-refractivity contribution < 1.29 is 4.55 Å². The molecule has 0 aromatic heterocycles. The van der Waals surface area contributed by atoms with Crippen LogP contribution in [0, 0.1) is 0 Å². The Labute approximate surface area is 213 Å². The summed E-state index contributed by atoms with van der Waals surface area (Å²) in [7, 11) is 0. The molecule has 0 saturated heterocycles. The van der Waals surface area contributed by atoms with Gasteiger partial charge in [0.15, 0.2) is 0 Å². The maximum absolute atomic E-state index is 10.0. The predicted molar refractivity (Wildman–Crippen MR) is 149 cm³/mol. The SMILES string of the molecule is CC(C)(C)c1ccc2c(c1)C1(c3ccccc3-c3ccc(SO)cc31)c1cc(C(C)(C)C)ccc1-2. The quantitative estimate of drug-likeness (QED) is 0.239. The molecule has 0 amide bonds. The summed E-state index contributed by atoms with van der Waals surface area (Å²) in [4.78, 5) is 0.880. The van der Waals surface area contributed by atoms with Crippen LogP contribution in [0.5, 0.6) is 0 Å². The smallest absolute Gasteiger partial charge is 0.0726 e. The number of hydrogen-bond donors (Lipinski definition) is 1. The van der Waals surface area contributed by atoms with E-state index in [1.54, 1.807) is 0 Å². The van der Waals surface area contributed by atoms with E-state index in [1.165, 1.54) is 55.6 Å². The molecule has 35 heavy (non-hydrogen) atoms. The fourth-order valence-corrected chi connectivity index (χ4v) is 6.45. The molecule has 6 rings (SSSR count). The molecule has 4 aromatic rings. The molecule has 176 valence electrons. The molecule has 1 spiro atoms. The van der Waals surface area contributed by atoms with Gasteiger partial charge in [0.05, 0.1) is 5.41 Å². The highest BCUT2D eigenvalue weighted by atomic mass is 32.2. The van der Waals surface area contributed by atoms with Crippen molar-refractivity contribution in [3.8, 4) is 22.3 Å². The lowest BCUT2D eigenvalue weighted by Crippen LogP contribution is -2.27. The first kappa shape index (κ1) is 22.6. The molecule has 0 unspecified atom stereocenters. The van der Waals surface area contributed by atoms with Crippen molar-refractivity contribution in [1.29, 1.82) is 0 Å². The molecular formula is C33H32OS. The van der Waals surface area contributed by atoms with Crippen molar-refractivity contribution in [3.05, 3.63) is 112 Å². The maximum atomic E-state index is 10.0. The largest absolute Gasteiger partial charge is 0.325 e. The standard InChI is InChI=1S/C33H32OS/c1-31(2,3)20-11-14-24-25-15-12-21(32(4,5)6)18-29(25)33(28(24)17-20)27-10-8-7-9-23(27)26-16-13-22(35-34)19-30(26)33/h7-19,34H,1-6H3. The molecule has 0 atom stereocenters. The van der Waals surface area contributed by atoms with Crippen LogP contribution in [0.2, 0.25) is 0 Å². The highest BCUT2D eigenvalue weighted by molar-refractivity contribution is 7.93. The van der Waals surface area contributed by atoms with Crippen LogP contribution in [0.15, 0.2) is 83.8 Å². The monoisotopic (exact) mass is 476 g/mol. The highest BCUT2D eigenvalue weighted by Crippen LogP contribution is 2.63. The summed E-state index contributed by atoms with van der Waals surface area (Å²) in [6.45, 7) is 13.7. The van der Waals surface area contributed by atoms with Crippen LogP contribution in [-0.2, 0) is 16.2 Å². The number of fused-ring (bicyclic) bond motifs is 10. The first-order valence-corrected chi connectivity index (χ1v) is 13.2. The van der Waals surface area contributed by atoms with E-state index in [2.05, 4.69) is 114 Å². The van der Waals surface area contributed by atoms with Gasteiger partial charge in [0, 0.05) is 16.9 Å². The summed E-state index contributed by atoms with van der Waals surface area (Å²) in [5.74, 6) is 0. The van der Waals surface area contributed by atoms with Gasteiger partial charge in [-0.2, -0.15) is 0 Å². The minimum Gasteiger partial charge on any atom is -0.325 e. The van der Waals surface area contributed by atoms with E-state index >= 15 is 0 Å². The molecule has 0 heterocycles. The number of hydrogen-bond acceptors (Lipinski definition) is 2. The minimum atomic E-state index is -0.398. The Kier molecular flexibility index (Phi) is 4.75. The van der Waals surface area contributed by atoms with Crippen LogP contribution in [0.4, 0.5) is 0 Å². The Bertz CT molecular complexity index is 1430. The van der Waals surface area contributed by atoms with E-state index < -0.39 is 5.41 Å². The van der Waals surface area contributed by atoms with Gasteiger partial charge in [-0.05, 0) is 78.6 Å². The second-order valence-corrected chi connectivity index (χ2v) is 12.8. The lowest BCUT2D eigenvalue weighted by Gasteiger charge is -2.33. The molecule has 1 N–H and O–H groups in total. The van der Waals surface area contributed by atoms with Crippen molar-refractivity contribution >= 4 is 12.0 Å². The first-order valence-electron chi connectivity index (χ1n) is 12.4. The average molecular weight is 477 g/mol. The lowest BCUT2D eigenvalue weighted by atomic mass is 9.69. The van der Waals surface area contributed by atoms with Crippen molar-refractivity contribution in [2.24, 2.45) is 0 Å². The van der Waals surface area contributed by atoms with Crippen LogP contribution < -0.4 is 0 Å². The topological polar surface area (TPSA) is 20.2 Å². The molecule has 0 aliphatic heterocycles. The Balaban J connectivity index is 1.81. The summed E-state index contributed by atoms with van der Waals surface area (Å²) in [6, 6.07) is 29.5. The Morgan fingerprint density at radius 2 is 1.00 bits per heavy atom. The van der Waals surface area contributed by atoms with Crippen molar-refractivity contribution in [3.63, 3.8) is 0 Å². The fourth-order valence-electron chi connectivity index (χ4n) is 6.15. The van der Waals surface area contributed by atoms with E-state index in [1.807, 2.05) is 6.07 Å². The number of rotatable bonds is 1. The molecule has 0 radical (unpaired) electrons. The minimum absolute atomic E-state index is 0.0469. The van der Waals surface area contributed by atoms with Gasteiger partial charge in [-0.15, -0.1) is 0 Å². The Morgan fingerprint density at radius 3 is 1.51 bits per heavy atom. The van der Waals surface area contributed by atoms with E-state index in [4.69, 9.17) is 0 Å². The summed E-state index contributed by atoms with van der Waals surface area (Å²) < 4.78 is 10.0. The average Bonchev–Trinajstić information content (AvgIpc) is 3.29. The van der Waals surface area contributed by atoms with E-state index in [9.17, 15) is 4.55 Å². The second kappa shape index (κ2) is 7.35. The van der Waals surface area contributed by atoms with Crippen molar-refractivity contribution in [2.45, 2.75) is 62.7 Å². The van der Waals surface area contributed by atoms with Gasteiger partial charge in [-0.25, -0.2) is 0 Å². The van der Waals surface area contributed by atoms with Crippen LogP contribution in [0.25, 0.3) is 22.3 Å². The predicted octanol–water partition coefficient (Wildman–Crippen LogP) is 9.19. The van der Waals surface area contributed by atoms with Gasteiger partial charge < -0.3 is 4.55 Å². The zero-order chi connectivity index (χ0) is 24.8. The molecule has 2 aliphatic carbocycles. The van der Waals surface area contributed by atoms with Crippen molar-refractivity contribution in [2.75, 3.05) is 0 Å². The third-order valence-electron chi connectivity index (χ3n) is 7.99. The molecule has 4 aromatic carbocycles. The Hall–Kier alpha value is -2.81. The third kappa shape index (κ3) is 3.06. The van der Waals surface area contributed by atoms with E-state index in [0.29, 0.717) is 0 Å². The first-order chi connectivity index (χ1) is 16.6. The molecule has 0 saturated carbocycles. The zero-order valence-corrected chi connectivity index (χ0v) is 22.2. The Morgan fingerprint density at radius 1 is 0.543 bits per heavy atom. The molecule has 0 fully saturated rings. The van der Waals surface area contributed by atoms with Gasteiger partial charge >= 0.3 is 0 Å². The van der Waals surface area contributed by atoms with Gasteiger partial charge in [0.25, 0.3) is 0 Å². The summed E-state index contributed by atoms with van der Waals surface area (Å²) >= 11 is 0.833. The zero-order valence-electron chi connectivity index (χ0n) is 21.4. The van der Waals surface area contributed by atoms with Gasteiger partial charge in [0.1, 0.15) is 0 Å². The van der Waals surface area contributed by atoms with Gasteiger partial charge in [-0.1, -0.05) is 108 Å². The fraction of sp³-hybridized carbons (Fsp3) is 0.273. The highest BCUT2D eigenvalue weighted by Gasteiger charge is 2.52. The van der Waals surface area contributed by atoms with Crippen LogP contribution in [-0.4, -0.2) is 4.55 Å². The third-order valence-corrected chi connectivity index (χ3v) is 8.46. The normalized spacial score (nSPS) is 15.1. The maximum Gasteiger partial charge on any atom is 0.0726 e. The van der Waals surface area contributed by atoms with Crippen molar-refractivity contribution in [1.82, 2.24) is 0 Å². The number of benzene rings is 4. The van der Waals surface area contributed by atoms with Gasteiger partial charge in [-0.3, -0.25) is 0 Å². The molecule has 0 bridgehead atoms. The van der Waals surface area contributed by atoms with E-state index in [0.717, 1.165) is 16.9 Å². The van der Waals surface area contributed by atoms with Crippen LogP contribution >= 0.6 is 12.0 Å².